The maximum Gasteiger partial charge on any atom is 0.255 e. The van der Waals surface area contributed by atoms with Crippen molar-refractivity contribution in [1.82, 2.24) is 10.2 Å². The number of nitrogens with one attached hydrogen (secondary N) is 1. The second kappa shape index (κ2) is 5.39. The molecule has 1 rings (SSSR count). The highest BCUT2D eigenvalue weighted by Crippen LogP contribution is 2.13. The first-order valence-corrected chi connectivity index (χ1v) is 5.33. The van der Waals surface area contributed by atoms with E-state index in [1.165, 1.54) is 4.90 Å². The number of carbonyl (C=O) groups excluding carboxylic acids is 1. The average molecular weight is 220 g/mol. The van der Waals surface area contributed by atoms with Crippen LogP contribution in [0.25, 0.3) is 0 Å². The SMILES string of the molecule is CC(C)NC1CCCN(CC(F)F)C1=O. The molecular weight excluding hydrogens is 202 g/mol. The molecule has 0 bridgehead atoms. The van der Waals surface area contributed by atoms with Crippen molar-refractivity contribution in [3.8, 4) is 0 Å². The molecule has 1 atom stereocenters. The predicted molar refractivity (Wildman–Crippen MR) is 53.9 cm³/mol. The Labute approximate surface area is 88.8 Å². The summed E-state index contributed by atoms with van der Waals surface area (Å²) in [4.78, 5) is 13.0. The summed E-state index contributed by atoms with van der Waals surface area (Å²) >= 11 is 0. The Morgan fingerprint density at radius 3 is 2.73 bits per heavy atom. The normalized spacial score (nSPS) is 22.9. The van der Waals surface area contributed by atoms with E-state index in [1.807, 2.05) is 13.8 Å². The van der Waals surface area contributed by atoms with Crippen LogP contribution < -0.4 is 5.32 Å². The van der Waals surface area contributed by atoms with E-state index in [2.05, 4.69) is 5.32 Å². The van der Waals surface area contributed by atoms with E-state index in [-0.39, 0.29) is 18.0 Å². The zero-order chi connectivity index (χ0) is 11.4. The minimum atomic E-state index is -2.44. The highest BCUT2D eigenvalue weighted by atomic mass is 19.3. The van der Waals surface area contributed by atoms with Crippen molar-refractivity contribution in [2.45, 2.75) is 45.2 Å². The number of halogens is 2. The summed E-state index contributed by atoms with van der Waals surface area (Å²) in [6, 6.07) is -0.0806. The van der Waals surface area contributed by atoms with Crippen LogP contribution in [-0.2, 0) is 4.79 Å². The Morgan fingerprint density at radius 1 is 1.53 bits per heavy atom. The van der Waals surface area contributed by atoms with E-state index in [0.29, 0.717) is 6.54 Å². The second-order valence-corrected chi connectivity index (χ2v) is 4.19. The summed E-state index contributed by atoms with van der Waals surface area (Å²) in [6.07, 6.45) is -0.897. The van der Waals surface area contributed by atoms with Crippen LogP contribution in [0, 0.1) is 0 Å². The van der Waals surface area contributed by atoms with Crippen LogP contribution in [0.5, 0.6) is 0 Å². The van der Waals surface area contributed by atoms with Gasteiger partial charge < -0.3 is 10.2 Å². The van der Waals surface area contributed by atoms with Gasteiger partial charge in [-0.2, -0.15) is 0 Å². The molecule has 1 aliphatic heterocycles. The van der Waals surface area contributed by atoms with Gasteiger partial charge in [-0.15, -0.1) is 0 Å². The molecule has 1 amide bonds. The summed E-state index contributed by atoms with van der Waals surface area (Å²) in [6.45, 7) is 3.91. The Kier molecular flexibility index (Phi) is 4.45. The number of rotatable bonds is 4. The highest BCUT2D eigenvalue weighted by Gasteiger charge is 2.30. The maximum absolute atomic E-state index is 12.2. The van der Waals surface area contributed by atoms with Crippen LogP contribution >= 0.6 is 0 Å². The quantitative estimate of drug-likeness (QED) is 0.773. The van der Waals surface area contributed by atoms with Gasteiger partial charge in [-0.3, -0.25) is 4.79 Å². The fourth-order valence-corrected chi connectivity index (χ4v) is 1.85. The van der Waals surface area contributed by atoms with Gasteiger partial charge in [-0.1, -0.05) is 13.8 Å². The molecule has 0 spiro atoms. The molecular formula is C10H18F2N2O. The fourth-order valence-electron chi connectivity index (χ4n) is 1.85. The van der Waals surface area contributed by atoms with Crippen LogP contribution in [0.4, 0.5) is 8.78 Å². The number of amides is 1. The lowest BCUT2D eigenvalue weighted by Crippen LogP contribution is -2.53. The van der Waals surface area contributed by atoms with E-state index in [1.54, 1.807) is 0 Å². The van der Waals surface area contributed by atoms with Gasteiger partial charge in [-0.25, -0.2) is 8.78 Å². The number of likely N-dealkylation sites (tertiary alicyclic amines) is 1. The lowest BCUT2D eigenvalue weighted by molar-refractivity contribution is -0.138. The number of hydrogen-bond acceptors (Lipinski definition) is 2. The monoisotopic (exact) mass is 220 g/mol. The zero-order valence-electron chi connectivity index (χ0n) is 9.17. The van der Waals surface area contributed by atoms with E-state index >= 15 is 0 Å². The molecule has 1 aliphatic rings. The lowest BCUT2D eigenvalue weighted by Gasteiger charge is -2.33. The van der Waals surface area contributed by atoms with Crippen molar-refractivity contribution in [2.75, 3.05) is 13.1 Å². The number of alkyl halides is 2. The van der Waals surface area contributed by atoms with E-state index in [0.717, 1.165) is 12.8 Å². The van der Waals surface area contributed by atoms with Gasteiger partial charge in [0.2, 0.25) is 5.91 Å². The van der Waals surface area contributed by atoms with Crippen LogP contribution in [0.2, 0.25) is 0 Å². The van der Waals surface area contributed by atoms with Crippen LogP contribution in [-0.4, -0.2) is 42.4 Å². The molecule has 0 aromatic carbocycles. The summed E-state index contributed by atoms with van der Waals surface area (Å²) in [7, 11) is 0. The van der Waals surface area contributed by atoms with Crippen molar-refractivity contribution in [2.24, 2.45) is 0 Å². The molecule has 15 heavy (non-hydrogen) atoms. The predicted octanol–water partition coefficient (Wildman–Crippen LogP) is 1.24. The first-order valence-electron chi connectivity index (χ1n) is 5.33. The number of nitrogens with zero attached hydrogens (tertiary/aromatic N) is 1. The van der Waals surface area contributed by atoms with Crippen LogP contribution in [0.1, 0.15) is 26.7 Å². The molecule has 1 N–H and O–H groups in total. The molecule has 0 aromatic heterocycles. The molecule has 1 unspecified atom stereocenters. The van der Waals surface area contributed by atoms with Crippen molar-refractivity contribution in [3.05, 3.63) is 0 Å². The Morgan fingerprint density at radius 2 is 2.20 bits per heavy atom. The summed E-state index contributed by atoms with van der Waals surface area (Å²) in [5, 5.41) is 3.10. The van der Waals surface area contributed by atoms with Gasteiger partial charge in [0.1, 0.15) is 0 Å². The Bertz CT molecular complexity index is 201. The molecule has 88 valence electrons. The first-order chi connectivity index (χ1) is 7.00. The second-order valence-electron chi connectivity index (χ2n) is 4.19. The van der Waals surface area contributed by atoms with Crippen LogP contribution in [0.3, 0.4) is 0 Å². The summed E-state index contributed by atoms with van der Waals surface area (Å²) in [5.41, 5.74) is 0. The molecule has 1 saturated heterocycles. The Balaban J connectivity index is 2.51. The Hall–Kier alpha value is -0.710. The van der Waals surface area contributed by atoms with Gasteiger partial charge >= 0.3 is 0 Å². The molecule has 0 aromatic rings. The van der Waals surface area contributed by atoms with Crippen LogP contribution in [0.15, 0.2) is 0 Å². The summed E-state index contributed by atoms with van der Waals surface area (Å²) in [5.74, 6) is -0.185. The van der Waals surface area contributed by atoms with Gasteiger partial charge in [0.25, 0.3) is 6.43 Å². The van der Waals surface area contributed by atoms with Crippen molar-refractivity contribution in [1.29, 1.82) is 0 Å². The van der Waals surface area contributed by atoms with E-state index in [9.17, 15) is 13.6 Å². The molecule has 0 radical (unpaired) electrons. The average Bonchev–Trinajstić information content (AvgIpc) is 2.10. The van der Waals surface area contributed by atoms with Crippen molar-refractivity contribution >= 4 is 5.91 Å². The van der Waals surface area contributed by atoms with Crippen molar-refractivity contribution < 1.29 is 13.6 Å². The van der Waals surface area contributed by atoms with E-state index in [4.69, 9.17) is 0 Å². The third-order valence-corrected chi connectivity index (χ3v) is 2.42. The smallest absolute Gasteiger partial charge is 0.255 e. The molecule has 3 nitrogen and oxygen atoms in total. The van der Waals surface area contributed by atoms with E-state index < -0.39 is 13.0 Å². The van der Waals surface area contributed by atoms with Gasteiger partial charge in [0.15, 0.2) is 0 Å². The largest absolute Gasteiger partial charge is 0.336 e. The van der Waals surface area contributed by atoms with Crippen molar-refractivity contribution in [3.63, 3.8) is 0 Å². The minimum Gasteiger partial charge on any atom is -0.336 e. The molecule has 1 heterocycles. The standard InChI is InChI=1S/C10H18F2N2O/c1-7(2)13-8-4-3-5-14(10(8)15)6-9(11)12/h7-9,13H,3-6H2,1-2H3. The molecule has 0 aliphatic carbocycles. The van der Waals surface area contributed by atoms with Gasteiger partial charge in [0, 0.05) is 12.6 Å². The zero-order valence-corrected chi connectivity index (χ0v) is 9.17. The highest BCUT2D eigenvalue weighted by molar-refractivity contribution is 5.82. The molecule has 0 saturated carbocycles. The fraction of sp³-hybridized carbons (Fsp3) is 0.900. The first kappa shape index (κ1) is 12.4. The maximum atomic E-state index is 12.2. The molecule has 5 heteroatoms. The van der Waals surface area contributed by atoms with Gasteiger partial charge in [-0.05, 0) is 12.8 Å². The summed E-state index contributed by atoms with van der Waals surface area (Å²) < 4.78 is 24.3. The third-order valence-electron chi connectivity index (χ3n) is 2.42. The lowest BCUT2D eigenvalue weighted by atomic mass is 10.0. The number of hydrogen-bond donors (Lipinski definition) is 1. The number of carbonyl (C=O) groups is 1. The minimum absolute atomic E-state index is 0.185. The number of piperidine rings is 1. The molecule has 1 fully saturated rings. The third kappa shape index (κ3) is 3.74. The van der Waals surface area contributed by atoms with Gasteiger partial charge in [0.05, 0.1) is 12.6 Å². The topological polar surface area (TPSA) is 32.3 Å².